The molecule has 7 nitrogen and oxygen atoms in total. The van der Waals surface area contributed by atoms with Crippen LogP contribution in [0.25, 0.3) is 0 Å². The first-order chi connectivity index (χ1) is 12.2. The smallest absolute Gasteiger partial charge is 0.410 e. The van der Waals surface area contributed by atoms with Gasteiger partial charge in [0.15, 0.2) is 0 Å². The highest BCUT2D eigenvalue weighted by atomic mass is 19.4. The number of benzene rings is 1. The van der Waals surface area contributed by atoms with Crippen molar-refractivity contribution in [2.45, 2.75) is 32.9 Å². The molecule has 1 aromatic rings. The molecule has 2 atom stereocenters. The van der Waals surface area contributed by atoms with Crippen LogP contribution in [-0.4, -0.2) is 37.9 Å². The van der Waals surface area contributed by atoms with Gasteiger partial charge in [-0.1, -0.05) is 26.3 Å². The van der Waals surface area contributed by atoms with Crippen LogP contribution in [0.4, 0.5) is 23.7 Å². The first kappa shape index (κ1) is 19.8. The molecule has 10 heteroatoms. The number of carbonyl (C=O) groups is 2. The molecular weight excluding hydrogens is 357 g/mol. The molecule has 1 aromatic carbocycles. The topological polar surface area (TPSA) is 77.1 Å². The standard InChI is InChI=1S/C16H19F3N2O5/c1-3-10(2)8-20-15(23)25-14-13(22)21(9-24-14)11-5-4-6-12(7-11)26-16(17,18)19/h4-7,10,14H,3,8-9H2,1-2H3,(H,20,23). The summed E-state index contributed by atoms with van der Waals surface area (Å²) < 4.78 is 50.7. The van der Waals surface area contributed by atoms with Crippen molar-refractivity contribution in [2.75, 3.05) is 18.2 Å². The van der Waals surface area contributed by atoms with Gasteiger partial charge in [-0.25, -0.2) is 4.79 Å². The number of rotatable bonds is 6. The predicted molar refractivity (Wildman–Crippen MR) is 84.3 cm³/mol. The molecule has 0 bridgehead atoms. The van der Waals surface area contributed by atoms with Gasteiger partial charge in [0, 0.05) is 18.3 Å². The Hall–Kier alpha value is -2.49. The fourth-order valence-corrected chi connectivity index (χ4v) is 2.08. The molecule has 0 spiro atoms. The van der Waals surface area contributed by atoms with Gasteiger partial charge in [0.2, 0.25) is 0 Å². The lowest BCUT2D eigenvalue weighted by Crippen LogP contribution is -2.36. The van der Waals surface area contributed by atoms with Gasteiger partial charge in [-0.2, -0.15) is 0 Å². The molecule has 2 unspecified atom stereocenters. The zero-order chi connectivity index (χ0) is 19.3. The third-order valence-corrected chi connectivity index (χ3v) is 3.69. The number of halogens is 3. The maximum atomic E-state index is 12.3. The normalized spacial score (nSPS) is 18.6. The van der Waals surface area contributed by atoms with Crippen molar-refractivity contribution in [3.8, 4) is 5.75 Å². The SMILES string of the molecule is CCC(C)CNC(=O)OC1OCN(c2cccc(OC(F)(F)F)c2)C1=O. The molecule has 2 amide bonds. The van der Waals surface area contributed by atoms with E-state index in [1.165, 1.54) is 12.1 Å². The molecule has 144 valence electrons. The van der Waals surface area contributed by atoms with Crippen molar-refractivity contribution in [3.63, 3.8) is 0 Å². The van der Waals surface area contributed by atoms with Gasteiger partial charge in [0.1, 0.15) is 12.5 Å². The molecule has 0 aromatic heterocycles. The zero-order valence-corrected chi connectivity index (χ0v) is 14.2. The molecule has 1 N–H and O–H groups in total. The second-order valence-electron chi connectivity index (χ2n) is 5.74. The van der Waals surface area contributed by atoms with Crippen LogP contribution in [0.3, 0.4) is 0 Å². The van der Waals surface area contributed by atoms with Crippen molar-refractivity contribution in [2.24, 2.45) is 5.92 Å². The summed E-state index contributed by atoms with van der Waals surface area (Å²) in [6.07, 6.45) is -6.24. The largest absolute Gasteiger partial charge is 0.573 e. The lowest BCUT2D eigenvalue weighted by molar-refractivity contribution is -0.274. The van der Waals surface area contributed by atoms with E-state index in [1.807, 2.05) is 13.8 Å². The Morgan fingerprint density at radius 3 is 2.85 bits per heavy atom. The van der Waals surface area contributed by atoms with Crippen LogP contribution in [0.5, 0.6) is 5.75 Å². The summed E-state index contributed by atoms with van der Waals surface area (Å²) in [5.41, 5.74) is 0.128. The Balaban J connectivity index is 1.96. The molecule has 1 heterocycles. The van der Waals surface area contributed by atoms with Crippen LogP contribution in [0.2, 0.25) is 0 Å². The molecule has 0 radical (unpaired) electrons. The van der Waals surface area contributed by atoms with Gasteiger partial charge in [0.25, 0.3) is 12.2 Å². The van der Waals surface area contributed by atoms with Crippen LogP contribution in [0.15, 0.2) is 24.3 Å². The van der Waals surface area contributed by atoms with Crippen molar-refractivity contribution in [1.29, 1.82) is 0 Å². The van der Waals surface area contributed by atoms with Crippen molar-refractivity contribution in [1.82, 2.24) is 5.32 Å². The van der Waals surface area contributed by atoms with E-state index >= 15 is 0 Å². The number of nitrogens with one attached hydrogen (secondary N) is 1. The number of hydrogen-bond acceptors (Lipinski definition) is 5. The van der Waals surface area contributed by atoms with E-state index in [0.717, 1.165) is 23.5 Å². The molecule has 1 saturated heterocycles. The highest BCUT2D eigenvalue weighted by Gasteiger charge is 2.37. The number of alkyl carbamates (subject to hydrolysis) is 1. The van der Waals surface area contributed by atoms with E-state index in [9.17, 15) is 22.8 Å². The minimum Gasteiger partial charge on any atom is -0.410 e. The summed E-state index contributed by atoms with van der Waals surface area (Å²) >= 11 is 0. The van der Waals surface area contributed by atoms with Crippen molar-refractivity contribution < 1.29 is 37.0 Å². The predicted octanol–water partition coefficient (Wildman–Crippen LogP) is 3.00. The zero-order valence-electron chi connectivity index (χ0n) is 14.2. The molecule has 26 heavy (non-hydrogen) atoms. The molecule has 0 saturated carbocycles. The van der Waals surface area contributed by atoms with Crippen LogP contribution in [0.1, 0.15) is 20.3 Å². The van der Waals surface area contributed by atoms with Crippen molar-refractivity contribution in [3.05, 3.63) is 24.3 Å². The molecule has 1 aliphatic heterocycles. The maximum absolute atomic E-state index is 12.3. The van der Waals surface area contributed by atoms with E-state index < -0.39 is 30.4 Å². The molecule has 0 aliphatic carbocycles. The summed E-state index contributed by atoms with van der Waals surface area (Å²) in [7, 11) is 0. The fraction of sp³-hybridized carbons (Fsp3) is 0.500. The van der Waals surface area contributed by atoms with Crippen LogP contribution >= 0.6 is 0 Å². The molecule has 2 rings (SSSR count). The lowest BCUT2D eigenvalue weighted by Gasteiger charge is -2.16. The number of hydrogen-bond donors (Lipinski definition) is 1. The van der Waals surface area contributed by atoms with E-state index in [2.05, 4.69) is 10.1 Å². The number of carbonyl (C=O) groups excluding carboxylic acids is 2. The van der Waals surface area contributed by atoms with Crippen LogP contribution < -0.4 is 15.0 Å². The Bertz CT molecular complexity index is 653. The minimum atomic E-state index is -4.84. The number of alkyl halides is 3. The first-order valence-electron chi connectivity index (χ1n) is 7.93. The van der Waals surface area contributed by atoms with E-state index in [1.54, 1.807) is 0 Å². The molecule has 1 aliphatic rings. The summed E-state index contributed by atoms with van der Waals surface area (Å²) in [4.78, 5) is 25.0. The second-order valence-corrected chi connectivity index (χ2v) is 5.74. The Morgan fingerprint density at radius 2 is 2.19 bits per heavy atom. The Kier molecular flexibility index (Phi) is 6.30. The van der Waals surface area contributed by atoms with E-state index in [4.69, 9.17) is 9.47 Å². The fourth-order valence-electron chi connectivity index (χ4n) is 2.08. The Morgan fingerprint density at radius 1 is 1.46 bits per heavy atom. The number of ether oxygens (including phenoxy) is 3. The van der Waals surface area contributed by atoms with Gasteiger partial charge in [0.05, 0.1) is 0 Å². The highest BCUT2D eigenvalue weighted by molar-refractivity contribution is 5.98. The summed E-state index contributed by atoms with van der Waals surface area (Å²) in [5, 5.41) is 2.51. The summed E-state index contributed by atoms with van der Waals surface area (Å²) in [6, 6.07) is 4.86. The average Bonchev–Trinajstić information content (AvgIpc) is 2.92. The van der Waals surface area contributed by atoms with Gasteiger partial charge >= 0.3 is 12.5 Å². The third-order valence-electron chi connectivity index (χ3n) is 3.69. The summed E-state index contributed by atoms with van der Waals surface area (Å²) in [5.74, 6) is -0.929. The highest BCUT2D eigenvalue weighted by Crippen LogP contribution is 2.29. The minimum absolute atomic E-state index is 0.128. The van der Waals surface area contributed by atoms with E-state index in [0.29, 0.717) is 6.54 Å². The Labute approximate surface area is 148 Å². The summed E-state index contributed by atoms with van der Waals surface area (Å²) in [6.45, 7) is 4.03. The lowest BCUT2D eigenvalue weighted by atomic mass is 10.1. The second kappa shape index (κ2) is 8.26. The quantitative estimate of drug-likeness (QED) is 0.826. The monoisotopic (exact) mass is 376 g/mol. The molecule has 1 fully saturated rings. The maximum Gasteiger partial charge on any atom is 0.573 e. The van der Waals surface area contributed by atoms with Gasteiger partial charge in [-0.05, 0) is 18.1 Å². The van der Waals surface area contributed by atoms with Crippen LogP contribution in [0, 0.1) is 5.92 Å². The van der Waals surface area contributed by atoms with Crippen molar-refractivity contribution >= 4 is 17.7 Å². The third kappa shape index (κ3) is 5.51. The van der Waals surface area contributed by atoms with Crippen LogP contribution in [-0.2, 0) is 14.3 Å². The first-order valence-corrected chi connectivity index (χ1v) is 7.93. The number of nitrogens with zero attached hydrogens (tertiary/aromatic N) is 1. The number of anilines is 1. The van der Waals surface area contributed by atoms with Gasteiger partial charge < -0.3 is 19.5 Å². The average molecular weight is 376 g/mol. The molecular formula is C16H19F3N2O5. The number of amides is 2. The van der Waals surface area contributed by atoms with E-state index in [-0.39, 0.29) is 18.3 Å². The van der Waals surface area contributed by atoms with Gasteiger partial charge in [-0.15, -0.1) is 13.2 Å². The van der Waals surface area contributed by atoms with Gasteiger partial charge in [-0.3, -0.25) is 9.69 Å².